The number of amides is 1. The van der Waals surface area contributed by atoms with Gasteiger partial charge in [-0.3, -0.25) is 14.8 Å². The van der Waals surface area contributed by atoms with Crippen LogP contribution in [0.4, 0.5) is 19.0 Å². The van der Waals surface area contributed by atoms with E-state index < -0.39 is 17.6 Å². The fourth-order valence-corrected chi connectivity index (χ4v) is 3.46. The molecule has 4 rings (SSSR count). The van der Waals surface area contributed by atoms with Crippen molar-refractivity contribution >= 4 is 11.7 Å². The topological polar surface area (TPSA) is 107 Å². The molecule has 0 saturated carbocycles. The molecule has 1 aliphatic rings. The first-order valence-electron chi connectivity index (χ1n) is 9.32. The van der Waals surface area contributed by atoms with Gasteiger partial charge in [-0.1, -0.05) is 0 Å². The van der Waals surface area contributed by atoms with Crippen LogP contribution in [-0.4, -0.2) is 57.2 Å². The number of alkyl halides is 3. The molecule has 4 heterocycles. The third-order valence-corrected chi connectivity index (χ3v) is 5.12. The highest BCUT2D eigenvalue weighted by Gasteiger charge is 2.31. The Morgan fingerprint density at radius 3 is 2.53 bits per heavy atom. The summed E-state index contributed by atoms with van der Waals surface area (Å²) in [6.07, 6.45) is -0.220. The SMILES string of the molecule is NC(=O)c1c[nH]c(-c2[nH]ncc2CN2CCN(c3ccc(C(F)(F)F)cn3)CC2)c1. The monoisotopic (exact) mass is 419 g/mol. The van der Waals surface area contributed by atoms with Crippen molar-refractivity contribution in [3.8, 4) is 11.4 Å². The first kappa shape index (κ1) is 20.0. The minimum absolute atomic E-state index is 0.392. The van der Waals surface area contributed by atoms with Gasteiger partial charge < -0.3 is 15.6 Å². The molecule has 0 aromatic carbocycles. The molecule has 158 valence electrons. The van der Waals surface area contributed by atoms with Crippen LogP contribution in [0, 0.1) is 0 Å². The van der Waals surface area contributed by atoms with Gasteiger partial charge in [-0.25, -0.2) is 4.98 Å². The number of pyridine rings is 1. The summed E-state index contributed by atoms with van der Waals surface area (Å²) in [7, 11) is 0. The third kappa shape index (κ3) is 4.15. The van der Waals surface area contributed by atoms with Crippen LogP contribution in [0.1, 0.15) is 21.5 Å². The molecule has 0 atom stereocenters. The standard InChI is InChI=1S/C19H20F3N7O/c20-19(21,22)14-1-2-16(25-10-14)29-5-3-28(4-6-29)11-13-9-26-27-17(13)15-7-12(8-24-15)18(23)30/h1-2,7-10,24H,3-6,11H2,(H2,23,30)(H,26,27). The van der Waals surface area contributed by atoms with Crippen LogP contribution in [0.5, 0.6) is 0 Å². The molecule has 4 N–H and O–H groups in total. The average molecular weight is 419 g/mol. The molecule has 0 unspecified atom stereocenters. The van der Waals surface area contributed by atoms with Gasteiger partial charge in [0.1, 0.15) is 5.82 Å². The second-order valence-electron chi connectivity index (χ2n) is 7.10. The predicted molar refractivity (Wildman–Crippen MR) is 104 cm³/mol. The molecule has 8 nitrogen and oxygen atoms in total. The van der Waals surface area contributed by atoms with Gasteiger partial charge in [0.2, 0.25) is 5.91 Å². The Kier molecular flexibility index (Phi) is 5.20. The number of aromatic nitrogens is 4. The van der Waals surface area contributed by atoms with Crippen molar-refractivity contribution < 1.29 is 18.0 Å². The van der Waals surface area contributed by atoms with Crippen molar-refractivity contribution in [2.75, 3.05) is 31.1 Å². The number of rotatable bonds is 5. The minimum atomic E-state index is -4.39. The van der Waals surface area contributed by atoms with Crippen molar-refractivity contribution in [2.24, 2.45) is 5.73 Å². The Balaban J connectivity index is 1.38. The van der Waals surface area contributed by atoms with Crippen LogP contribution in [0.15, 0.2) is 36.8 Å². The maximum Gasteiger partial charge on any atom is 0.417 e. The summed E-state index contributed by atoms with van der Waals surface area (Å²) in [5, 5.41) is 7.05. The fourth-order valence-electron chi connectivity index (χ4n) is 3.46. The number of halogens is 3. The highest BCUT2D eigenvalue weighted by Crippen LogP contribution is 2.29. The van der Waals surface area contributed by atoms with Crippen molar-refractivity contribution in [1.82, 2.24) is 25.1 Å². The van der Waals surface area contributed by atoms with E-state index in [1.165, 1.54) is 6.07 Å². The molecule has 1 aliphatic heterocycles. The van der Waals surface area contributed by atoms with E-state index in [2.05, 4.69) is 25.1 Å². The van der Waals surface area contributed by atoms with Crippen molar-refractivity contribution in [3.05, 3.63) is 53.5 Å². The molecule has 0 aliphatic carbocycles. The summed E-state index contributed by atoms with van der Waals surface area (Å²) in [6.45, 7) is 3.40. The Bertz CT molecular complexity index is 1020. The number of aromatic amines is 2. The molecule has 0 spiro atoms. The maximum atomic E-state index is 12.7. The van der Waals surface area contributed by atoms with Gasteiger partial charge in [0, 0.05) is 50.7 Å². The zero-order valence-corrected chi connectivity index (χ0v) is 15.9. The van der Waals surface area contributed by atoms with Crippen LogP contribution < -0.4 is 10.6 Å². The number of H-pyrrole nitrogens is 2. The molecular weight excluding hydrogens is 399 g/mol. The number of piperazine rings is 1. The van der Waals surface area contributed by atoms with E-state index in [-0.39, 0.29) is 0 Å². The van der Waals surface area contributed by atoms with E-state index in [1.807, 2.05) is 4.90 Å². The molecule has 0 radical (unpaired) electrons. The lowest BCUT2D eigenvalue weighted by Gasteiger charge is -2.35. The molecule has 3 aromatic heterocycles. The number of anilines is 1. The van der Waals surface area contributed by atoms with Crippen molar-refractivity contribution in [3.63, 3.8) is 0 Å². The van der Waals surface area contributed by atoms with E-state index in [0.717, 1.165) is 42.3 Å². The van der Waals surface area contributed by atoms with Gasteiger partial charge in [-0.2, -0.15) is 18.3 Å². The highest BCUT2D eigenvalue weighted by atomic mass is 19.4. The van der Waals surface area contributed by atoms with Gasteiger partial charge in [-0.15, -0.1) is 0 Å². The molecule has 0 bridgehead atoms. The quantitative estimate of drug-likeness (QED) is 0.588. The number of hydrogen-bond donors (Lipinski definition) is 3. The molecule has 1 fully saturated rings. The molecule has 1 saturated heterocycles. The average Bonchev–Trinajstić information content (AvgIpc) is 3.37. The number of nitrogens with two attached hydrogens (primary N) is 1. The Morgan fingerprint density at radius 1 is 1.17 bits per heavy atom. The van der Waals surface area contributed by atoms with Crippen molar-refractivity contribution in [1.29, 1.82) is 0 Å². The van der Waals surface area contributed by atoms with Crippen LogP contribution in [0.25, 0.3) is 11.4 Å². The first-order valence-corrected chi connectivity index (χ1v) is 9.32. The zero-order chi connectivity index (χ0) is 21.3. The number of carbonyl (C=O) groups excluding carboxylic acids is 1. The van der Waals surface area contributed by atoms with E-state index >= 15 is 0 Å². The van der Waals surface area contributed by atoms with Crippen molar-refractivity contribution in [2.45, 2.75) is 12.7 Å². The van der Waals surface area contributed by atoms with E-state index in [4.69, 9.17) is 5.73 Å². The minimum Gasteiger partial charge on any atom is -0.366 e. The Labute approximate surface area is 169 Å². The highest BCUT2D eigenvalue weighted by molar-refractivity contribution is 5.93. The number of nitrogens with one attached hydrogen (secondary N) is 2. The fraction of sp³-hybridized carbons (Fsp3) is 0.316. The Hall–Kier alpha value is -3.34. The maximum absolute atomic E-state index is 12.7. The number of primary amides is 1. The van der Waals surface area contributed by atoms with Crippen LogP contribution in [-0.2, 0) is 12.7 Å². The number of carbonyl (C=O) groups is 1. The van der Waals surface area contributed by atoms with Crippen LogP contribution >= 0.6 is 0 Å². The zero-order valence-electron chi connectivity index (χ0n) is 15.9. The summed E-state index contributed by atoms with van der Waals surface area (Å²) < 4.78 is 38.1. The third-order valence-electron chi connectivity index (χ3n) is 5.12. The molecule has 30 heavy (non-hydrogen) atoms. The molecule has 11 heteroatoms. The lowest BCUT2D eigenvalue weighted by atomic mass is 10.1. The second kappa shape index (κ2) is 7.82. The first-order chi connectivity index (χ1) is 14.3. The molecule has 3 aromatic rings. The second-order valence-corrected chi connectivity index (χ2v) is 7.10. The molecule has 1 amide bonds. The van der Waals surface area contributed by atoms with Gasteiger partial charge in [-0.05, 0) is 18.2 Å². The molecular formula is C19H20F3N7O. The summed E-state index contributed by atoms with van der Waals surface area (Å²) in [6, 6.07) is 4.14. The number of nitrogens with zero attached hydrogens (tertiary/aromatic N) is 4. The van der Waals surface area contributed by atoms with Gasteiger partial charge in [0.25, 0.3) is 0 Å². The largest absolute Gasteiger partial charge is 0.417 e. The summed E-state index contributed by atoms with van der Waals surface area (Å²) in [5.41, 5.74) is 7.42. The summed E-state index contributed by atoms with van der Waals surface area (Å²) >= 11 is 0. The van der Waals surface area contributed by atoms with Gasteiger partial charge in [0.05, 0.1) is 28.7 Å². The predicted octanol–water partition coefficient (Wildman–Crippen LogP) is 2.24. The van der Waals surface area contributed by atoms with E-state index in [9.17, 15) is 18.0 Å². The van der Waals surface area contributed by atoms with E-state index in [1.54, 1.807) is 18.5 Å². The summed E-state index contributed by atoms with van der Waals surface area (Å²) in [5.74, 6) is 0.0311. The van der Waals surface area contributed by atoms with Gasteiger partial charge >= 0.3 is 6.18 Å². The van der Waals surface area contributed by atoms with Crippen LogP contribution in [0.2, 0.25) is 0 Å². The smallest absolute Gasteiger partial charge is 0.366 e. The lowest BCUT2D eigenvalue weighted by Crippen LogP contribution is -2.46. The Morgan fingerprint density at radius 2 is 1.93 bits per heavy atom. The van der Waals surface area contributed by atoms with Gasteiger partial charge in [0.15, 0.2) is 0 Å². The summed E-state index contributed by atoms with van der Waals surface area (Å²) in [4.78, 5) is 22.5. The van der Waals surface area contributed by atoms with E-state index in [0.29, 0.717) is 31.0 Å². The van der Waals surface area contributed by atoms with Crippen LogP contribution in [0.3, 0.4) is 0 Å². The normalized spacial score (nSPS) is 15.5. The lowest BCUT2D eigenvalue weighted by molar-refractivity contribution is -0.137. The number of hydrogen-bond acceptors (Lipinski definition) is 5.